The summed E-state index contributed by atoms with van der Waals surface area (Å²) in [7, 11) is 0. The second-order valence-corrected chi connectivity index (χ2v) is 7.96. The van der Waals surface area contributed by atoms with E-state index in [1.807, 2.05) is 58.0 Å². The molecule has 2 aromatic rings. The summed E-state index contributed by atoms with van der Waals surface area (Å²) in [6.45, 7) is 18.2. The van der Waals surface area contributed by atoms with Crippen LogP contribution in [0, 0.1) is 11.8 Å². The van der Waals surface area contributed by atoms with Crippen LogP contribution in [-0.2, 0) is 0 Å². The lowest BCUT2D eigenvalue weighted by Gasteiger charge is -2.08. The molecule has 0 saturated heterocycles. The lowest BCUT2D eigenvalue weighted by atomic mass is 10.1. The van der Waals surface area contributed by atoms with Gasteiger partial charge in [0, 0.05) is 5.56 Å². The van der Waals surface area contributed by atoms with E-state index < -0.39 is 6.43 Å². The van der Waals surface area contributed by atoms with Gasteiger partial charge in [-0.15, -0.1) is 0 Å². The summed E-state index contributed by atoms with van der Waals surface area (Å²) in [6.07, 6.45) is 2.00. The van der Waals surface area contributed by atoms with Gasteiger partial charge in [0.25, 0.3) is 6.43 Å². The van der Waals surface area contributed by atoms with Gasteiger partial charge in [-0.05, 0) is 61.8 Å². The van der Waals surface area contributed by atoms with Crippen molar-refractivity contribution in [2.45, 2.75) is 87.5 Å². The topological polar surface area (TPSA) is 18.5 Å². The van der Waals surface area contributed by atoms with Gasteiger partial charge in [-0.1, -0.05) is 85.7 Å². The minimum Gasteiger partial charge on any atom is -0.494 e. The van der Waals surface area contributed by atoms with Gasteiger partial charge in [0.05, 0.1) is 13.2 Å². The van der Waals surface area contributed by atoms with E-state index >= 15 is 0 Å². The fourth-order valence-electron chi connectivity index (χ4n) is 2.62. The number of alkyl halides is 2. The van der Waals surface area contributed by atoms with Crippen molar-refractivity contribution in [3.8, 4) is 11.5 Å². The Morgan fingerprint density at radius 3 is 1.55 bits per heavy atom. The second kappa shape index (κ2) is 23.1. The fourth-order valence-corrected chi connectivity index (χ4v) is 2.62. The molecule has 0 aromatic heterocycles. The average molecular weight is 467 g/mol. The molecule has 0 spiro atoms. The Labute approximate surface area is 202 Å². The van der Waals surface area contributed by atoms with Crippen LogP contribution in [0.15, 0.2) is 54.6 Å². The standard InChI is InChI=1S/C13H18F2O.C12H18O.2C2H6/c1-10(2)5-4-8-16-12-7-3-6-11(9-12)13(14)15;1-11(2)7-6-10-13-12-8-4-3-5-9-12;2*1-2/h3,6-7,9-10,13H,4-5,8H2,1-2H3;3-5,8-9,11H,6-7,10H2,1-2H3;2*1-2H3. The first kappa shape index (κ1) is 33.1. The van der Waals surface area contributed by atoms with E-state index in [-0.39, 0.29) is 5.56 Å². The molecule has 2 aromatic carbocycles. The Kier molecular flexibility index (Phi) is 23.1. The minimum absolute atomic E-state index is 0.0151. The SMILES string of the molecule is CC.CC.CC(C)CCCOc1cccc(C(F)F)c1.CC(C)CCCOc1ccccc1. The van der Waals surface area contributed by atoms with Crippen LogP contribution in [0.5, 0.6) is 11.5 Å². The van der Waals surface area contributed by atoms with Crippen LogP contribution in [-0.4, -0.2) is 13.2 Å². The van der Waals surface area contributed by atoms with Gasteiger partial charge >= 0.3 is 0 Å². The molecule has 0 aliphatic carbocycles. The van der Waals surface area contributed by atoms with Crippen LogP contribution >= 0.6 is 0 Å². The van der Waals surface area contributed by atoms with Crippen molar-refractivity contribution in [2.24, 2.45) is 11.8 Å². The highest BCUT2D eigenvalue weighted by Gasteiger charge is 2.07. The predicted octanol–water partition coefficient (Wildman–Crippen LogP) is 9.99. The maximum Gasteiger partial charge on any atom is 0.263 e. The van der Waals surface area contributed by atoms with Crippen LogP contribution in [0.2, 0.25) is 0 Å². The zero-order valence-electron chi connectivity index (χ0n) is 22.2. The van der Waals surface area contributed by atoms with Crippen molar-refractivity contribution >= 4 is 0 Å². The zero-order valence-corrected chi connectivity index (χ0v) is 22.2. The Morgan fingerprint density at radius 2 is 1.09 bits per heavy atom. The van der Waals surface area contributed by atoms with Crippen LogP contribution in [0.25, 0.3) is 0 Å². The average Bonchev–Trinajstić information content (AvgIpc) is 2.83. The van der Waals surface area contributed by atoms with Crippen LogP contribution in [0.4, 0.5) is 8.78 Å². The second-order valence-electron chi connectivity index (χ2n) is 7.96. The Hall–Kier alpha value is -2.10. The molecular weight excluding hydrogens is 418 g/mol. The van der Waals surface area contributed by atoms with Gasteiger partial charge in [-0.2, -0.15) is 0 Å². The Balaban J connectivity index is 0. The molecule has 0 unspecified atom stereocenters. The molecule has 2 rings (SSSR count). The van der Waals surface area contributed by atoms with Crippen LogP contribution < -0.4 is 9.47 Å². The number of rotatable bonds is 11. The summed E-state index contributed by atoms with van der Waals surface area (Å²) in [5.74, 6) is 2.93. The van der Waals surface area contributed by atoms with Gasteiger partial charge in [0.1, 0.15) is 11.5 Å². The smallest absolute Gasteiger partial charge is 0.263 e. The van der Waals surface area contributed by atoms with Crippen LogP contribution in [0.3, 0.4) is 0 Å². The van der Waals surface area contributed by atoms with Gasteiger partial charge in [-0.25, -0.2) is 8.78 Å². The highest BCUT2D eigenvalue weighted by molar-refractivity contribution is 5.29. The number of hydrogen-bond acceptors (Lipinski definition) is 2. The van der Waals surface area contributed by atoms with Crippen molar-refractivity contribution in [3.63, 3.8) is 0 Å². The van der Waals surface area contributed by atoms with Gasteiger partial charge in [-0.3, -0.25) is 0 Å². The number of ether oxygens (including phenoxy) is 2. The maximum absolute atomic E-state index is 12.4. The molecule has 0 radical (unpaired) electrons. The van der Waals surface area contributed by atoms with Crippen molar-refractivity contribution in [1.82, 2.24) is 0 Å². The third kappa shape index (κ3) is 20.3. The summed E-state index contributed by atoms with van der Waals surface area (Å²) in [5.41, 5.74) is 0.0151. The number of para-hydroxylation sites is 1. The number of benzene rings is 2. The van der Waals surface area contributed by atoms with Crippen molar-refractivity contribution in [1.29, 1.82) is 0 Å². The fraction of sp³-hybridized carbons (Fsp3) is 0.586. The molecule has 0 N–H and O–H groups in total. The molecule has 33 heavy (non-hydrogen) atoms. The first-order valence-corrected chi connectivity index (χ1v) is 12.6. The van der Waals surface area contributed by atoms with E-state index in [1.165, 1.54) is 18.6 Å². The van der Waals surface area contributed by atoms with E-state index in [0.717, 1.165) is 37.5 Å². The third-order valence-electron chi connectivity index (χ3n) is 4.24. The molecule has 0 saturated carbocycles. The number of halogens is 2. The largest absolute Gasteiger partial charge is 0.494 e. The van der Waals surface area contributed by atoms with E-state index in [4.69, 9.17) is 9.47 Å². The zero-order chi connectivity index (χ0) is 25.5. The molecule has 0 bridgehead atoms. The molecule has 0 fully saturated rings. The highest BCUT2D eigenvalue weighted by atomic mass is 19.3. The summed E-state index contributed by atoms with van der Waals surface area (Å²) >= 11 is 0. The highest BCUT2D eigenvalue weighted by Crippen LogP contribution is 2.23. The van der Waals surface area contributed by atoms with Crippen molar-refractivity contribution < 1.29 is 18.3 Å². The van der Waals surface area contributed by atoms with Crippen molar-refractivity contribution in [3.05, 3.63) is 60.2 Å². The molecule has 0 aliphatic rings. The quantitative estimate of drug-likeness (QED) is 0.307. The monoisotopic (exact) mass is 466 g/mol. The molecule has 0 atom stereocenters. The summed E-state index contributed by atoms with van der Waals surface area (Å²) in [4.78, 5) is 0. The minimum atomic E-state index is -2.43. The Morgan fingerprint density at radius 1 is 0.636 bits per heavy atom. The van der Waals surface area contributed by atoms with Gasteiger partial charge in [0.15, 0.2) is 0 Å². The maximum atomic E-state index is 12.4. The van der Waals surface area contributed by atoms with E-state index in [0.29, 0.717) is 18.3 Å². The lowest BCUT2D eigenvalue weighted by molar-refractivity contribution is 0.151. The van der Waals surface area contributed by atoms with Crippen molar-refractivity contribution in [2.75, 3.05) is 13.2 Å². The molecule has 2 nitrogen and oxygen atoms in total. The molecule has 0 aliphatic heterocycles. The first-order valence-electron chi connectivity index (χ1n) is 12.6. The van der Waals surface area contributed by atoms with Gasteiger partial charge < -0.3 is 9.47 Å². The van der Waals surface area contributed by atoms with E-state index in [2.05, 4.69) is 27.7 Å². The Bertz CT molecular complexity index is 643. The molecule has 190 valence electrons. The molecule has 0 heterocycles. The third-order valence-corrected chi connectivity index (χ3v) is 4.24. The normalized spacial score (nSPS) is 9.85. The summed E-state index contributed by atoms with van der Waals surface area (Å²) in [6, 6.07) is 16.1. The first-order chi connectivity index (χ1) is 15.9. The van der Waals surface area contributed by atoms with E-state index in [9.17, 15) is 8.78 Å². The molecule has 4 heteroatoms. The lowest BCUT2D eigenvalue weighted by Crippen LogP contribution is -2.00. The summed E-state index contributed by atoms with van der Waals surface area (Å²) in [5, 5.41) is 0. The van der Waals surface area contributed by atoms with E-state index in [1.54, 1.807) is 12.1 Å². The number of hydrogen-bond donors (Lipinski definition) is 0. The van der Waals surface area contributed by atoms with Crippen LogP contribution in [0.1, 0.15) is 93.1 Å². The summed E-state index contributed by atoms with van der Waals surface area (Å²) < 4.78 is 35.7. The molecule has 0 amide bonds. The predicted molar refractivity (Wildman–Crippen MR) is 140 cm³/mol. The van der Waals surface area contributed by atoms with Gasteiger partial charge in [0.2, 0.25) is 0 Å². The molecular formula is C29H48F2O2.